The second kappa shape index (κ2) is 8.95. The number of imidazole rings is 1. The summed E-state index contributed by atoms with van der Waals surface area (Å²) in [5.41, 5.74) is 3.17. The van der Waals surface area contributed by atoms with Crippen LogP contribution >= 0.6 is 36.4 Å². The summed E-state index contributed by atoms with van der Waals surface area (Å²) >= 11 is 6.06. The first-order chi connectivity index (χ1) is 12.8. The molecule has 2 aliphatic rings. The van der Waals surface area contributed by atoms with Gasteiger partial charge in [-0.15, -0.1) is 24.8 Å². The first-order valence-electron chi connectivity index (χ1n) is 8.94. The van der Waals surface area contributed by atoms with Gasteiger partial charge >= 0.3 is 0 Å². The minimum absolute atomic E-state index is 0. The maximum absolute atomic E-state index is 6.06. The molecule has 0 radical (unpaired) electrons. The van der Waals surface area contributed by atoms with Crippen molar-refractivity contribution in [3.8, 4) is 11.3 Å². The molecule has 2 bridgehead atoms. The summed E-state index contributed by atoms with van der Waals surface area (Å²) in [6, 6.07) is 10.3. The van der Waals surface area contributed by atoms with E-state index in [4.69, 9.17) is 21.3 Å². The highest BCUT2D eigenvalue weighted by Crippen LogP contribution is 2.27. The fraction of sp³-hybridized carbons (Fsp3) is 0.368. The van der Waals surface area contributed by atoms with E-state index in [9.17, 15) is 0 Å². The van der Waals surface area contributed by atoms with Crippen molar-refractivity contribution < 1.29 is 4.74 Å². The number of hydrogen-bond donors (Lipinski definition) is 1. The van der Waals surface area contributed by atoms with Crippen LogP contribution in [-0.2, 0) is 11.3 Å². The zero-order valence-electron chi connectivity index (χ0n) is 15.1. The molecule has 2 atom stereocenters. The van der Waals surface area contributed by atoms with Crippen molar-refractivity contribution in [2.45, 2.75) is 25.2 Å². The van der Waals surface area contributed by atoms with Gasteiger partial charge < -0.3 is 4.74 Å². The molecule has 1 N–H and O–H groups in total. The molecule has 2 aromatic heterocycles. The fourth-order valence-electron chi connectivity index (χ4n) is 3.88. The second-order valence-corrected chi connectivity index (χ2v) is 7.35. The Hall–Kier alpha value is -1.41. The van der Waals surface area contributed by atoms with Gasteiger partial charge in [-0.05, 0) is 24.6 Å². The van der Waals surface area contributed by atoms with Gasteiger partial charge in [0.25, 0.3) is 0 Å². The van der Waals surface area contributed by atoms with Crippen LogP contribution in [0.2, 0.25) is 5.02 Å². The van der Waals surface area contributed by atoms with Gasteiger partial charge in [0.15, 0.2) is 0 Å². The maximum atomic E-state index is 6.06. The first-order valence-corrected chi connectivity index (χ1v) is 9.32. The van der Waals surface area contributed by atoms with E-state index in [-0.39, 0.29) is 31.0 Å². The van der Waals surface area contributed by atoms with Gasteiger partial charge in [0.05, 0.1) is 18.0 Å². The average Bonchev–Trinajstić information content (AvgIpc) is 3.01. The quantitative estimate of drug-likeness (QED) is 0.674. The Morgan fingerprint density at radius 2 is 2.00 bits per heavy atom. The summed E-state index contributed by atoms with van der Waals surface area (Å²) in [6.45, 7) is 3.56. The molecule has 0 aliphatic carbocycles. The molecule has 9 heteroatoms. The molecule has 2 unspecified atom stereocenters. The number of halogens is 3. The van der Waals surface area contributed by atoms with Crippen molar-refractivity contribution in [2.24, 2.45) is 0 Å². The predicted octanol–water partition coefficient (Wildman–Crippen LogP) is 3.41. The van der Waals surface area contributed by atoms with Crippen LogP contribution in [-0.4, -0.2) is 51.2 Å². The third kappa shape index (κ3) is 4.13. The zero-order valence-corrected chi connectivity index (χ0v) is 17.5. The van der Waals surface area contributed by atoms with E-state index in [1.165, 1.54) is 0 Å². The molecule has 4 heterocycles. The van der Waals surface area contributed by atoms with Gasteiger partial charge in [-0.2, -0.15) is 0 Å². The Bertz CT molecular complexity index is 921. The Morgan fingerprint density at radius 1 is 1.18 bits per heavy atom. The van der Waals surface area contributed by atoms with E-state index < -0.39 is 0 Å². The minimum Gasteiger partial charge on any atom is -0.362 e. The van der Waals surface area contributed by atoms with Crippen molar-refractivity contribution in [1.82, 2.24) is 24.6 Å². The molecule has 3 aromatic rings. The Morgan fingerprint density at radius 3 is 2.79 bits per heavy atom. The highest BCUT2D eigenvalue weighted by atomic mass is 35.5. The number of aromatic nitrogens is 3. The number of nitrogens with one attached hydrogen (secondary N) is 1. The largest absolute Gasteiger partial charge is 0.362 e. The molecule has 2 fully saturated rings. The SMILES string of the molecule is Cl.Cl.Clc1ccc(-c2nc3ncccn3c2CN2CC3CCOC(C2)N3)cc1. The molecular formula is C19H22Cl3N5O. The van der Waals surface area contributed by atoms with E-state index >= 15 is 0 Å². The third-order valence-corrected chi connectivity index (χ3v) is 5.36. The Labute approximate surface area is 181 Å². The lowest BCUT2D eigenvalue weighted by Gasteiger charge is -2.42. The van der Waals surface area contributed by atoms with Crippen LogP contribution in [0.4, 0.5) is 0 Å². The predicted molar refractivity (Wildman–Crippen MR) is 114 cm³/mol. The molecule has 6 nitrogen and oxygen atoms in total. The van der Waals surface area contributed by atoms with Crippen molar-refractivity contribution in [3.63, 3.8) is 0 Å². The molecular weight excluding hydrogens is 421 g/mol. The summed E-state index contributed by atoms with van der Waals surface area (Å²) in [4.78, 5) is 11.7. The van der Waals surface area contributed by atoms with Gasteiger partial charge in [0.2, 0.25) is 5.78 Å². The van der Waals surface area contributed by atoms with E-state index in [2.05, 4.69) is 19.6 Å². The molecule has 0 amide bonds. The van der Waals surface area contributed by atoms with Gasteiger partial charge in [-0.3, -0.25) is 14.6 Å². The highest BCUT2D eigenvalue weighted by Gasteiger charge is 2.31. The van der Waals surface area contributed by atoms with Gasteiger partial charge in [-0.1, -0.05) is 23.7 Å². The number of ether oxygens (including phenoxy) is 1. The van der Waals surface area contributed by atoms with Crippen molar-refractivity contribution in [1.29, 1.82) is 0 Å². The third-order valence-electron chi connectivity index (χ3n) is 5.10. The van der Waals surface area contributed by atoms with Crippen LogP contribution in [0, 0.1) is 0 Å². The van der Waals surface area contributed by atoms with E-state index in [1.54, 1.807) is 6.20 Å². The molecule has 28 heavy (non-hydrogen) atoms. The van der Waals surface area contributed by atoms with Crippen LogP contribution in [0.25, 0.3) is 17.0 Å². The minimum atomic E-state index is 0. The number of rotatable bonds is 3. The molecule has 2 saturated heterocycles. The lowest BCUT2D eigenvalue weighted by Crippen LogP contribution is -2.60. The monoisotopic (exact) mass is 441 g/mol. The molecule has 150 valence electrons. The van der Waals surface area contributed by atoms with Crippen molar-refractivity contribution in [2.75, 3.05) is 19.7 Å². The smallest absolute Gasteiger partial charge is 0.234 e. The molecule has 0 spiro atoms. The summed E-state index contributed by atoms with van der Waals surface area (Å²) in [7, 11) is 0. The van der Waals surface area contributed by atoms with Crippen LogP contribution in [0.1, 0.15) is 12.1 Å². The summed E-state index contributed by atoms with van der Waals surface area (Å²) in [6.07, 6.45) is 5.00. The summed E-state index contributed by atoms with van der Waals surface area (Å²) in [5.74, 6) is 0.721. The van der Waals surface area contributed by atoms with E-state index in [1.807, 2.05) is 36.5 Å². The van der Waals surface area contributed by atoms with Crippen molar-refractivity contribution in [3.05, 3.63) is 53.4 Å². The van der Waals surface area contributed by atoms with E-state index in [0.717, 1.165) is 60.4 Å². The normalized spacial score (nSPS) is 21.8. The standard InChI is InChI=1S/C19H20ClN5O.2ClH/c20-14-4-2-13(3-5-14)18-16(25-8-1-7-21-19(25)23-18)11-24-10-15-6-9-26-17(12-24)22-15;;/h1-5,7-8,15,17,22H,6,9-12H2;2*1H. The molecule has 1 aromatic carbocycles. The molecule has 5 rings (SSSR count). The fourth-order valence-corrected chi connectivity index (χ4v) is 4.01. The van der Waals surface area contributed by atoms with Gasteiger partial charge in [-0.25, -0.2) is 9.97 Å². The number of benzene rings is 1. The van der Waals surface area contributed by atoms with Gasteiger partial charge in [0.1, 0.15) is 6.23 Å². The molecule has 0 saturated carbocycles. The lowest BCUT2D eigenvalue weighted by molar-refractivity contribution is -0.0715. The average molecular weight is 443 g/mol. The summed E-state index contributed by atoms with van der Waals surface area (Å²) < 4.78 is 7.90. The Kier molecular flexibility index (Phi) is 6.81. The number of hydrogen-bond acceptors (Lipinski definition) is 5. The van der Waals surface area contributed by atoms with Crippen LogP contribution in [0.3, 0.4) is 0 Å². The second-order valence-electron chi connectivity index (χ2n) is 6.91. The lowest BCUT2D eigenvalue weighted by atomic mass is 10.1. The zero-order chi connectivity index (χ0) is 17.5. The van der Waals surface area contributed by atoms with Crippen LogP contribution in [0.5, 0.6) is 0 Å². The molecule has 2 aliphatic heterocycles. The number of nitrogens with zero attached hydrogens (tertiary/aromatic N) is 4. The van der Waals surface area contributed by atoms with Gasteiger partial charge in [0, 0.05) is 48.7 Å². The Balaban J connectivity index is 0.00000112. The first kappa shape index (κ1) is 21.3. The summed E-state index contributed by atoms with van der Waals surface area (Å²) in [5, 5.41) is 4.26. The number of piperazine rings is 1. The van der Waals surface area contributed by atoms with E-state index in [0.29, 0.717) is 6.04 Å². The van der Waals surface area contributed by atoms with Crippen LogP contribution in [0.15, 0.2) is 42.7 Å². The maximum Gasteiger partial charge on any atom is 0.234 e. The van der Waals surface area contributed by atoms with Crippen molar-refractivity contribution >= 4 is 42.2 Å². The topological polar surface area (TPSA) is 54.7 Å². The highest BCUT2D eigenvalue weighted by molar-refractivity contribution is 6.30. The van der Waals surface area contributed by atoms with Crippen LogP contribution < -0.4 is 5.32 Å². The number of fused-ring (bicyclic) bond motifs is 3.